The van der Waals surface area contributed by atoms with Crippen molar-refractivity contribution in [3.8, 4) is 5.75 Å². The predicted octanol–water partition coefficient (Wildman–Crippen LogP) is 2.33. The Kier molecular flexibility index (Phi) is 6.44. The molecule has 1 aromatic carbocycles. The van der Waals surface area contributed by atoms with Crippen LogP contribution in [0.5, 0.6) is 5.75 Å². The quantitative estimate of drug-likeness (QED) is 0.677. The third kappa shape index (κ3) is 5.30. The molecule has 0 radical (unpaired) electrons. The molecule has 144 valence electrons. The molecule has 0 spiro atoms. The molecule has 0 bridgehead atoms. The van der Waals surface area contributed by atoms with Gasteiger partial charge in [-0.1, -0.05) is 13.8 Å². The summed E-state index contributed by atoms with van der Waals surface area (Å²) in [4.78, 5) is 25.9. The van der Waals surface area contributed by atoms with Crippen molar-refractivity contribution >= 4 is 21.5 Å². The number of nitrogens with zero attached hydrogens (tertiary/aromatic N) is 1. The number of hydrogen-bond donors (Lipinski definition) is 0. The standard InChI is InChI=1S/C19H27NO5S/c1-13(2)11-20(17-9-10-26(23,24)12-17)19(22)15(4)25-18-7-5-16(6-8-18)14(3)21/h5-8,13,15,17H,9-12H2,1-4H3/t15-,17+/m1/s1. The van der Waals surface area contributed by atoms with Crippen LogP contribution in [0.15, 0.2) is 24.3 Å². The van der Waals surface area contributed by atoms with E-state index in [1.54, 1.807) is 36.1 Å². The fourth-order valence-corrected chi connectivity index (χ4v) is 4.82. The second kappa shape index (κ2) is 8.20. The minimum atomic E-state index is -3.07. The number of ketones is 1. The molecule has 0 unspecified atom stereocenters. The fraction of sp³-hybridized carbons (Fsp3) is 0.579. The highest BCUT2D eigenvalue weighted by Crippen LogP contribution is 2.21. The lowest BCUT2D eigenvalue weighted by Gasteiger charge is -2.32. The average Bonchev–Trinajstić information content (AvgIpc) is 2.92. The second-order valence-electron chi connectivity index (χ2n) is 7.28. The molecule has 1 saturated heterocycles. The maximum Gasteiger partial charge on any atom is 0.263 e. The van der Waals surface area contributed by atoms with Crippen LogP contribution in [-0.2, 0) is 14.6 Å². The first kappa shape index (κ1) is 20.4. The maximum atomic E-state index is 12.9. The summed E-state index contributed by atoms with van der Waals surface area (Å²) in [5, 5.41) is 0. The lowest BCUT2D eigenvalue weighted by atomic mass is 10.1. The summed E-state index contributed by atoms with van der Waals surface area (Å²) in [6, 6.07) is 6.34. The van der Waals surface area contributed by atoms with Gasteiger partial charge in [0.05, 0.1) is 11.5 Å². The van der Waals surface area contributed by atoms with Crippen molar-refractivity contribution in [1.82, 2.24) is 4.90 Å². The number of benzene rings is 1. The topological polar surface area (TPSA) is 80.8 Å². The zero-order chi connectivity index (χ0) is 19.5. The molecule has 0 saturated carbocycles. The molecule has 2 rings (SSSR count). The van der Waals surface area contributed by atoms with Gasteiger partial charge in [-0.15, -0.1) is 0 Å². The van der Waals surface area contributed by atoms with E-state index in [0.29, 0.717) is 24.3 Å². The summed E-state index contributed by atoms with van der Waals surface area (Å²) in [6.07, 6.45) is -0.263. The molecular weight excluding hydrogens is 354 g/mol. The Balaban J connectivity index is 2.10. The summed E-state index contributed by atoms with van der Waals surface area (Å²) < 4.78 is 29.3. The van der Waals surface area contributed by atoms with Crippen LogP contribution in [0, 0.1) is 5.92 Å². The molecule has 7 heteroatoms. The van der Waals surface area contributed by atoms with Gasteiger partial charge in [-0.2, -0.15) is 0 Å². The molecule has 0 aliphatic carbocycles. The third-order valence-corrected chi connectivity index (χ3v) is 6.17. The van der Waals surface area contributed by atoms with E-state index in [4.69, 9.17) is 4.74 Å². The van der Waals surface area contributed by atoms with Crippen LogP contribution in [-0.4, -0.2) is 55.2 Å². The third-order valence-electron chi connectivity index (χ3n) is 4.42. The van der Waals surface area contributed by atoms with E-state index in [1.807, 2.05) is 13.8 Å². The van der Waals surface area contributed by atoms with Gasteiger partial charge in [0.2, 0.25) is 0 Å². The minimum Gasteiger partial charge on any atom is -0.481 e. The molecule has 6 nitrogen and oxygen atoms in total. The van der Waals surface area contributed by atoms with Gasteiger partial charge in [-0.25, -0.2) is 8.42 Å². The summed E-state index contributed by atoms with van der Waals surface area (Å²) in [7, 11) is -3.07. The van der Waals surface area contributed by atoms with E-state index >= 15 is 0 Å². The molecule has 1 amide bonds. The van der Waals surface area contributed by atoms with Crippen molar-refractivity contribution in [3.63, 3.8) is 0 Å². The van der Waals surface area contributed by atoms with Crippen LogP contribution in [0.25, 0.3) is 0 Å². The monoisotopic (exact) mass is 381 g/mol. The normalized spacial score (nSPS) is 20.0. The second-order valence-corrected chi connectivity index (χ2v) is 9.51. The number of amides is 1. The molecule has 1 aliphatic heterocycles. The summed E-state index contributed by atoms with van der Waals surface area (Å²) in [6.45, 7) is 7.64. The highest BCUT2D eigenvalue weighted by atomic mass is 32.2. The number of hydrogen-bond acceptors (Lipinski definition) is 5. The van der Waals surface area contributed by atoms with E-state index in [0.717, 1.165) is 0 Å². The summed E-state index contributed by atoms with van der Waals surface area (Å²) in [5.41, 5.74) is 0.578. The first-order chi connectivity index (χ1) is 12.1. The highest BCUT2D eigenvalue weighted by Gasteiger charge is 2.36. The van der Waals surface area contributed by atoms with E-state index < -0.39 is 15.9 Å². The fourth-order valence-electron chi connectivity index (χ4n) is 3.09. The van der Waals surface area contributed by atoms with Gasteiger partial charge in [0, 0.05) is 18.2 Å². The van der Waals surface area contributed by atoms with E-state index in [9.17, 15) is 18.0 Å². The Morgan fingerprint density at radius 1 is 1.19 bits per heavy atom. The van der Waals surface area contributed by atoms with Crippen LogP contribution in [0.4, 0.5) is 0 Å². The number of carbonyl (C=O) groups is 2. The van der Waals surface area contributed by atoms with E-state index in [1.165, 1.54) is 6.92 Å². The molecule has 0 aromatic heterocycles. The molecule has 1 aliphatic rings. The van der Waals surface area contributed by atoms with Gasteiger partial charge < -0.3 is 9.64 Å². The molecule has 1 aromatic rings. The lowest BCUT2D eigenvalue weighted by Crippen LogP contribution is -2.48. The predicted molar refractivity (Wildman–Crippen MR) is 100 cm³/mol. The SMILES string of the molecule is CC(=O)c1ccc(O[C@H](C)C(=O)N(CC(C)C)[C@H]2CCS(=O)(=O)C2)cc1. The van der Waals surface area contributed by atoms with Gasteiger partial charge in [0.25, 0.3) is 5.91 Å². The molecule has 26 heavy (non-hydrogen) atoms. The van der Waals surface area contributed by atoms with Gasteiger partial charge in [0.15, 0.2) is 21.7 Å². The molecule has 2 atom stereocenters. The number of ether oxygens (including phenoxy) is 1. The molecule has 0 N–H and O–H groups in total. The zero-order valence-electron chi connectivity index (χ0n) is 15.8. The van der Waals surface area contributed by atoms with Gasteiger partial charge >= 0.3 is 0 Å². The Labute approximate surface area is 155 Å². The van der Waals surface area contributed by atoms with Crippen LogP contribution in [0.2, 0.25) is 0 Å². The first-order valence-electron chi connectivity index (χ1n) is 8.87. The minimum absolute atomic E-state index is 0.0193. The van der Waals surface area contributed by atoms with E-state index in [2.05, 4.69) is 0 Å². The van der Waals surface area contributed by atoms with Crippen molar-refractivity contribution in [3.05, 3.63) is 29.8 Å². The Morgan fingerprint density at radius 2 is 1.81 bits per heavy atom. The molecule has 1 fully saturated rings. The largest absolute Gasteiger partial charge is 0.481 e. The van der Waals surface area contributed by atoms with Gasteiger partial charge in [-0.05, 0) is 50.5 Å². The smallest absolute Gasteiger partial charge is 0.263 e. The molecule has 1 heterocycles. The van der Waals surface area contributed by atoms with Gasteiger partial charge in [-0.3, -0.25) is 9.59 Å². The Morgan fingerprint density at radius 3 is 2.27 bits per heavy atom. The van der Waals surface area contributed by atoms with Crippen molar-refractivity contribution in [2.75, 3.05) is 18.1 Å². The van der Waals surface area contributed by atoms with Crippen LogP contribution in [0.1, 0.15) is 44.5 Å². The summed E-state index contributed by atoms with van der Waals surface area (Å²) in [5.74, 6) is 0.624. The number of carbonyl (C=O) groups excluding carboxylic acids is 2. The number of Topliss-reactive ketones (excluding diaryl/α,β-unsaturated/α-hetero) is 1. The first-order valence-corrected chi connectivity index (χ1v) is 10.7. The Bertz CT molecular complexity index is 755. The van der Waals surface area contributed by atoms with Crippen LogP contribution in [0.3, 0.4) is 0 Å². The lowest BCUT2D eigenvalue weighted by molar-refractivity contribution is -0.140. The van der Waals surface area contributed by atoms with Crippen molar-refractivity contribution < 1.29 is 22.7 Å². The summed E-state index contributed by atoms with van der Waals surface area (Å²) >= 11 is 0. The highest BCUT2D eigenvalue weighted by molar-refractivity contribution is 7.91. The van der Waals surface area contributed by atoms with E-state index in [-0.39, 0.29) is 35.2 Å². The maximum absolute atomic E-state index is 12.9. The Hall–Kier alpha value is -1.89. The number of sulfone groups is 1. The number of rotatable bonds is 7. The molecular formula is C19H27NO5S. The van der Waals surface area contributed by atoms with Crippen LogP contribution >= 0.6 is 0 Å². The van der Waals surface area contributed by atoms with Crippen molar-refractivity contribution in [1.29, 1.82) is 0 Å². The van der Waals surface area contributed by atoms with Crippen molar-refractivity contribution in [2.24, 2.45) is 5.92 Å². The van der Waals surface area contributed by atoms with Crippen LogP contribution < -0.4 is 4.74 Å². The zero-order valence-corrected chi connectivity index (χ0v) is 16.6. The van der Waals surface area contributed by atoms with Crippen molar-refractivity contribution in [2.45, 2.75) is 46.3 Å². The average molecular weight is 381 g/mol. The van der Waals surface area contributed by atoms with Gasteiger partial charge in [0.1, 0.15) is 5.75 Å².